The van der Waals surface area contributed by atoms with Crippen LogP contribution in [0, 0.1) is 16.0 Å². The molecule has 0 saturated carbocycles. The van der Waals surface area contributed by atoms with Gasteiger partial charge in [0.1, 0.15) is 0 Å². The smallest absolute Gasteiger partial charge is 0.269 e. The first-order valence-electron chi connectivity index (χ1n) is 10.3. The number of ether oxygens (including phenoxy) is 2. The Bertz CT molecular complexity index is 662. The number of nitrogens with one attached hydrogen (secondary N) is 2. The van der Waals surface area contributed by atoms with Crippen LogP contribution >= 0.6 is 24.0 Å². The van der Waals surface area contributed by atoms with E-state index in [4.69, 9.17) is 9.47 Å². The maximum absolute atomic E-state index is 10.8. The van der Waals surface area contributed by atoms with Crippen LogP contribution in [-0.2, 0) is 16.0 Å². The summed E-state index contributed by atoms with van der Waals surface area (Å²) in [5.41, 5.74) is 1.03. The lowest BCUT2D eigenvalue weighted by atomic mass is 10.1. The minimum atomic E-state index is -0.389. The molecule has 30 heavy (non-hydrogen) atoms. The van der Waals surface area contributed by atoms with Gasteiger partial charge in [-0.3, -0.25) is 15.0 Å². The third-order valence-electron chi connectivity index (χ3n) is 5.20. The number of morpholine rings is 1. The number of nitrogens with zero attached hydrogens (tertiary/aromatic N) is 3. The van der Waals surface area contributed by atoms with Gasteiger partial charge in [-0.25, -0.2) is 4.99 Å². The molecule has 0 aliphatic carbocycles. The highest BCUT2D eigenvalue weighted by Gasteiger charge is 2.16. The van der Waals surface area contributed by atoms with Crippen molar-refractivity contribution in [2.45, 2.75) is 19.4 Å². The van der Waals surface area contributed by atoms with Crippen LogP contribution in [0.5, 0.6) is 0 Å². The van der Waals surface area contributed by atoms with E-state index in [1.165, 1.54) is 12.1 Å². The molecule has 0 spiro atoms. The Balaban J connectivity index is 0.00000320. The molecule has 1 unspecified atom stereocenters. The molecule has 10 heteroatoms. The zero-order valence-corrected chi connectivity index (χ0v) is 19.6. The fraction of sp³-hybridized carbons (Fsp3) is 0.650. The minimum Gasteiger partial charge on any atom is -0.381 e. The fourth-order valence-electron chi connectivity index (χ4n) is 3.39. The fourth-order valence-corrected chi connectivity index (χ4v) is 3.39. The van der Waals surface area contributed by atoms with Crippen LogP contribution in [0.3, 0.4) is 0 Å². The molecule has 0 radical (unpaired) electrons. The topological polar surface area (TPSA) is 101 Å². The molecule has 0 aromatic heterocycles. The molecular weight excluding hydrogens is 501 g/mol. The van der Waals surface area contributed by atoms with Crippen LogP contribution in [0.15, 0.2) is 29.3 Å². The first-order chi connectivity index (χ1) is 14.2. The van der Waals surface area contributed by atoms with Gasteiger partial charge in [-0.05, 0) is 24.9 Å². The van der Waals surface area contributed by atoms with E-state index in [1.54, 1.807) is 12.1 Å². The standard InChI is InChI=1S/C20H31N5O4.HI/c26-25(27)19-4-2-17(3-5-19)14-22-20(23-15-18-6-11-29-16-18)21-7-1-8-24-9-12-28-13-10-24;/h2-5,18H,1,6-16H2,(H2,21,22,23);1H. The van der Waals surface area contributed by atoms with Crippen molar-refractivity contribution in [3.8, 4) is 0 Å². The summed E-state index contributed by atoms with van der Waals surface area (Å²) in [6, 6.07) is 6.54. The van der Waals surface area contributed by atoms with Crippen molar-refractivity contribution in [2.75, 3.05) is 59.2 Å². The largest absolute Gasteiger partial charge is 0.381 e. The zero-order chi connectivity index (χ0) is 20.3. The molecule has 2 fully saturated rings. The van der Waals surface area contributed by atoms with E-state index in [9.17, 15) is 10.1 Å². The molecule has 1 atom stereocenters. The third kappa shape index (κ3) is 8.70. The SMILES string of the molecule is I.O=[N+]([O-])c1ccc(CN=C(NCCCN2CCOCC2)NCC2CCOC2)cc1. The summed E-state index contributed by atoms with van der Waals surface area (Å²) in [4.78, 5) is 17.5. The van der Waals surface area contributed by atoms with Crippen LogP contribution in [0.25, 0.3) is 0 Å². The molecular formula is C20H32IN5O4. The van der Waals surface area contributed by atoms with Gasteiger partial charge < -0.3 is 20.1 Å². The van der Waals surface area contributed by atoms with Crippen molar-refractivity contribution in [1.29, 1.82) is 0 Å². The van der Waals surface area contributed by atoms with Crippen molar-refractivity contribution >= 4 is 35.6 Å². The number of rotatable bonds is 9. The monoisotopic (exact) mass is 533 g/mol. The Hall–Kier alpha value is -1.50. The summed E-state index contributed by atoms with van der Waals surface area (Å²) in [5, 5.41) is 17.6. The first kappa shape index (κ1) is 24.8. The molecule has 2 N–H and O–H groups in total. The number of benzene rings is 1. The summed E-state index contributed by atoms with van der Waals surface area (Å²) in [5.74, 6) is 1.28. The van der Waals surface area contributed by atoms with Gasteiger partial charge >= 0.3 is 0 Å². The molecule has 9 nitrogen and oxygen atoms in total. The van der Waals surface area contributed by atoms with Gasteiger partial charge in [0.05, 0.1) is 31.3 Å². The number of nitro groups is 1. The van der Waals surface area contributed by atoms with E-state index in [-0.39, 0.29) is 34.6 Å². The van der Waals surface area contributed by atoms with Crippen molar-refractivity contribution in [3.63, 3.8) is 0 Å². The van der Waals surface area contributed by atoms with Gasteiger partial charge in [-0.15, -0.1) is 24.0 Å². The number of hydrogen-bond acceptors (Lipinski definition) is 6. The van der Waals surface area contributed by atoms with Gasteiger partial charge in [0.2, 0.25) is 0 Å². The normalized spacial score (nSPS) is 19.9. The van der Waals surface area contributed by atoms with Gasteiger partial charge in [0.15, 0.2) is 5.96 Å². The molecule has 1 aromatic rings. The number of guanidine groups is 1. The van der Waals surface area contributed by atoms with Gasteiger partial charge in [0.25, 0.3) is 5.69 Å². The highest BCUT2D eigenvalue weighted by atomic mass is 127. The van der Waals surface area contributed by atoms with Crippen molar-refractivity contribution in [2.24, 2.45) is 10.9 Å². The summed E-state index contributed by atoms with van der Waals surface area (Å²) in [7, 11) is 0. The number of halogens is 1. The predicted octanol–water partition coefficient (Wildman–Crippen LogP) is 2.01. The summed E-state index contributed by atoms with van der Waals surface area (Å²) < 4.78 is 10.8. The first-order valence-corrected chi connectivity index (χ1v) is 10.3. The van der Waals surface area contributed by atoms with Crippen LogP contribution in [-0.4, -0.2) is 74.9 Å². The third-order valence-corrected chi connectivity index (χ3v) is 5.20. The van der Waals surface area contributed by atoms with Crippen molar-refractivity contribution in [1.82, 2.24) is 15.5 Å². The van der Waals surface area contributed by atoms with E-state index in [2.05, 4.69) is 20.5 Å². The number of nitro benzene ring substituents is 1. The van der Waals surface area contributed by atoms with E-state index >= 15 is 0 Å². The van der Waals surface area contributed by atoms with Crippen molar-refractivity contribution < 1.29 is 14.4 Å². The number of hydrogen-bond donors (Lipinski definition) is 2. The summed E-state index contributed by atoms with van der Waals surface area (Å²) >= 11 is 0. The lowest BCUT2D eigenvalue weighted by Gasteiger charge is -2.26. The number of non-ortho nitro benzene ring substituents is 1. The number of aliphatic imine (C=N–C) groups is 1. The van der Waals surface area contributed by atoms with Gasteiger partial charge in [-0.1, -0.05) is 12.1 Å². The molecule has 168 valence electrons. The Kier molecular flexibility index (Phi) is 11.3. The second-order valence-electron chi connectivity index (χ2n) is 7.43. The maximum atomic E-state index is 10.8. The Morgan fingerprint density at radius 2 is 1.93 bits per heavy atom. The van der Waals surface area contributed by atoms with Crippen LogP contribution < -0.4 is 10.6 Å². The molecule has 2 heterocycles. The molecule has 2 aliphatic heterocycles. The maximum Gasteiger partial charge on any atom is 0.269 e. The highest BCUT2D eigenvalue weighted by Crippen LogP contribution is 2.13. The minimum absolute atomic E-state index is 0. The van der Waals surface area contributed by atoms with E-state index in [0.717, 1.165) is 83.5 Å². The Morgan fingerprint density at radius 1 is 1.17 bits per heavy atom. The van der Waals surface area contributed by atoms with Gasteiger partial charge in [-0.2, -0.15) is 0 Å². The Morgan fingerprint density at radius 3 is 2.60 bits per heavy atom. The van der Waals surface area contributed by atoms with Crippen molar-refractivity contribution in [3.05, 3.63) is 39.9 Å². The second-order valence-corrected chi connectivity index (χ2v) is 7.43. The summed E-state index contributed by atoms with van der Waals surface area (Å²) in [6.45, 7) is 8.44. The van der Waals surface area contributed by atoms with Crippen LogP contribution in [0.4, 0.5) is 5.69 Å². The lowest BCUT2D eigenvalue weighted by Crippen LogP contribution is -2.42. The van der Waals surface area contributed by atoms with Crippen LogP contribution in [0.1, 0.15) is 18.4 Å². The van der Waals surface area contributed by atoms with E-state index < -0.39 is 0 Å². The van der Waals surface area contributed by atoms with E-state index in [0.29, 0.717) is 12.5 Å². The molecule has 3 rings (SSSR count). The quantitative estimate of drug-likeness (QED) is 0.125. The molecule has 0 bridgehead atoms. The Labute approximate surface area is 194 Å². The average Bonchev–Trinajstić information content (AvgIpc) is 3.27. The molecule has 2 aliphatic rings. The highest BCUT2D eigenvalue weighted by molar-refractivity contribution is 14.0. The van der Waals surface area contributed by atoms with E-state index in [1.807, 2.05) is 0 Å². The predicted molar refractivity (Wildman–Crippen MR) is 126 cm³/mol. The van der Waals surface area contributed by atoms with Gasteiger partial charge in [0, 0.05) is 50.8 Å². The molecule has 2 saturated heterocycles. The molecule has 0 amide bonds. The van der Waals surface area contributed by atoms with Crippen LogP contribution in [0.2, 0.25) is 0 Å². The lowest BCUT2D eigenvalue weighted by molar-refractivity contribution is -0.384. The second kappa shape index (κ2) is 13.7. The molecule has 1 aromatic carbocycles. The average molecular weight is 533 g/mol. The summed E-state index contributed by atoms with van der Waals surface area (Å²) in [6.07, 6.45) is 2.10. The zero-order valence-electron chi connectivity index (χ0n) is 17.3.